The Morgan fingerprint density at radius 3 is 2.63 bits per heavy atom. The molecule has 144 valence electrons. The van der Waals surface area contributed by atoms with E-state index in [4.69, 9.17) is 24.5 Å². The third kappa shape index (κ3) is 4.32. The minimum absolute atomic E-state index is 0.0426. The zero-order chi connectivity index (χ0) is 19.6. The van der Waals surface area contributed by atoms with E-state index in [1.807, 2.05) is 6.92 Å². The molecular weight excluding hydrogens is 374 g/mol. The highest BCUT2D eigenvalue weighted by molar-refractivity contribution is 7.86. The number of carbonyl (C=O) groups is 1. The van der Waals surface area contributed by atoms with Crippen molar-refractivity contribution >= 4 is 21.8 Å². The van der Waals surface area contributed by atoms with Crippen molar-refractivity contribution in [2.75, 3.05) is 18.9 Å². The normalized spacial score (nSPS) is 16.1. The van der Waals surface area contributed by atoms with Crippen LogP contribution in [0.25, 0.3) is 0 Å². The quantitative estimate of drug-likeness (QED) is 0.562. The van der Waals surface area contributed by atoms with E-state index in [1.54, 1.807) is 24.3 Å². The Bertz CT molecular complexity index is 954. The van der Waals surface area contributed by atoms with Crippen LogP contribution in [0.3, 0.4) is 0 Å². The van der Waals surface area contributed by atoms with Crippen LogP contribution in [-0.2, 0) is 25.5 Å². The molecule has 2 aromatic carbocycles. The molecular formula is C18H19NO7S. The second-order valence-electron chi connectivity index (χ2n) is 6.13. The summed E-state index contributed by atoms with van der Waals surface area (Å²) in [4.78, 5) is 11.1. The molecule has 27 heavy (non-hydrogen) atoms. The molecule has 2 aromatic rings. The molecule has 0 aromatic heterocycles. The number of fused-ring (bicyclic) bond motifs is 1. The van der Waals surface area contributed by atoms with Crippen molar-refractivity contribution in [2.45, 2.75) is 24.3 Å². The van der Waals surface area contributed by atoms with E-state index < -0.39 is 22.2 Å². The van der Waals surface area contributed by atoms with Gasteiger partial charge in [0.2, 0.25) is 0 Å². The second kappa shape index (κ2) is 7.45. The Labute approximate surface area is 156 Å². The number of hydrogen-bond donors (Lipinski definition) is 2. The molecule has 0 radical (unpaired) electrons. The SMILES string of the molecule is Cc1ccc(S(=O)(=O)OC[C@H]2COc3ccc(N)c(CC(=O)O)c3O2)cc1. The summed E-state index contributed by atoms with van der Waals surface area (Å²) in [6.45, 7) is 1.63. The lowest BCUT2D eigenvalue weighted by Gasteiger charge is -2.28. The van der Waals surface area contributed by atoms with Crippen molar-refractivity contribution in [1.82, 2.24) is 0 Å². The molecule has 0 aliphatic carbocycles. The van der Waals surface area contributed by atoms with E-state index in [0.717, 1.165) is 5.56 Å². The van der Waals surface area contributed by atoms with Crippen molar-refractivity contribution in [2.24, 2.45) is 0 Å². The van der Waals surface area contributed by atoms with Crippen LogP contribution in [-0.4, -0.2) is 38.8 Å². The van der Waals surface area contributed by atoms with E-state index in [0.29, 0.717) is 5.75 Å². The maximum atomic E-state index is 12.3. The van der Waals surface area contributed by atoms with Crippen LogP contribution in [0.4, 0.5) is 5.69 Å². The van der Waals surface area contributed by atoms with Gasteiger partial charge < -0.3 is 20.3 Å². The highest BCUT2D eigenvalue weighted by atomic mass is 32.2. The fourth-order valence-electron chi connectivity index (χ4n) is 2.60. The zero-order valence-electron chi connectivity index (χ0n) is 14.5. The molecule has 0 saturated carbocycles. The van der Waals surface area contributed by atoms with Gasteiger partial charge in [0.05, 0.1) is 11.3 Å². The Hall–Kier alpha value is -2.78. The summed E-state index contributed by atoms with van der Waals surface area (Å²) in [7, 11) is -3.95. The highest BCUT2D eigenvalue weighted by Gasteiger charge is 2.28. The minimum Gasteiger partial charge on any atom is -0.486 e. The summed E-state index contributed by atoms with van der Waals surface area (Å²) >= 11 is 0. The number of ether oxygens (including phenoxy) is 2. The lowest BCUT2D eigenvalue weighted by atomic mass is 10.1. The first kappa shape index (κ1) is 19.0. The average Bonchev–Trinajstić information content (AvgIpc) is 2.62. The molecule has 0 saturated heterocycles. The summed E-state index contributed by atoms with van der Waals surface area (Å²) in [6.07, 6.45) is -1.07. The molecule has 0 unspecified atom stereocenters. The Morgan fingerprint density at radius 1 is 1.26 bits per heavy atom. The predicted molar refractivity (Wildman–Crippen MR) is 96.4 cm³/mol. The van der Waals surface area contributed by atoms with Crippen molar-refractivity contribution in [3.8, 4) is 11.5 Å². The van der Waals surface area contributed by atoms with Crippen LogP contribution in [0.5, 0.6) is 11.5 Å². The first-order valence-corrected chi connectivity index (χ1v) is 9.56. The van der Waals surface area contributed by atoms with E-state index in [-0.39, 0.29) is 41.5 Å². The smallest absolute Gasteiger partial charge is 0.308 e. The number of aryl methyl sites for hydroxylation is 1. The topological polar surface area (TPSA) is 125 Å². The number of carboxylic acid groups (broad SMARTS) is 1. The molecule has 0 spiro atoms. The van der Waals surface area contributed by atoms with Gasteiger partial charge in [-0.15, -0.1) is 0 Å². The Kier molecular flexibility index (Phi) is 5.24. The lowest BCUT2D eigenvalue weighted by molar-refractivity contribution is -0.136. The molecule has 3 rings (SSSR count). The lowest BCUT2D eigenvalue weighted by Crippen LogP contribution is -2.35. The second-order valence-corrected chi connectivity index (χ2v) is 7.75. The van der Waals surface area contributed by atoms with Gasteiger partial charge in [0.1, 0.15) is 13.2 Å². The van der Waals surface area contributed by atoms with Gasteiger partial charge in [0, 0.05) is 11.3 Å². The van der Waals surface area contributed by atoms with Crippen LogP contribution in [0, 0.1) is 6.92 Å². The average molecular weight is 393 g/mol. The van der Waals surface area contributed by atoms with Crippen LogP contribution in [0.1, 0.15) is 11.1 Å². The Balaban J connectivity index is 1.73. The van der Waals surface area contributed by atoms with Gasteiger partial charge in [-0.2, -0.15) is 8.42 Å². The van der Waals surface area contributed by atoms with Crippen LogP contribution in [0.15, 0.2) is 41.3 Å². The third-order valence-corrected chi connectivity index (χ3v) is 5.31. The molecule has 8 nitrogen and oxygen atoms in total. The summed E-state index contributed by atoms with van der Waals surface area (Å²) in [5, 5.41) is 9.06. The van der Waals surface area contributed by atoms with Gasteiger partial charge in [-0.05, 0) is 31.2 Å². The molecule has 1 heterocycles. The molecule has 1 atom stereocenters. The molecule has 0 fully saturated rings. The summed E-state index contributed by atoms with van der Waals surface area (Å²) in [6, 6.07) is 9.39. The van der Waals surface area contributed by atoms with Gasteiger partial charge in [-0.1, -0.05) is 17.7 Å². The van der Waals surface area contributed by atoms with E-state index in [9.17, 15) is 13.2 Å². The summed E-state index contributed by atoms with van der Waals surface area (Å²) in [5.41, 5.74) is 7.31. The Morgan fingerprint density at radius 2 is 1.96 bits per heavy atom. The van der Waals surface area contributed by atoms with Gasteiger partial charge in [-0.3, -0.25) is 8.98 Å². The van der Waals surface area contributed by atoms with Crippen molar-refractivity contribution in [1.29, 1.82) is 0 Å². The number of aliphatic carboxylic acids is 1. The third-order valence-electron chi connectivity index (χ3n) is 4.02. The summed E-state index contributed by atoms with van der Waals surface area (Å²) in [5.74, 6) is -0.512. The monoisotopic (exact) mass is 393 g/mol. The molecule has 0 bridgehead atoms. The summed E-state index contributed by atoms with van der Waals surface area (Å²) < 4.78 is 40.9. The standard InChI is InChI=1S/C18H19NO7S/c1-11-2-4-13(5-3-11)27(22,23)25-10-12-9-24-16-7-6-15(19)14(8-17(20)21)18(16)26-12/h2-7,12H,8-10,19H2,1H3,(H,20,21)/t12-/m1/s1. The van der Waals surface area contributed by atoms with E-state index in [2.05, 4.69) is 0 Å². The number of carboxylic acids is 1. The minimum atomic E-state index is -3.95. The fourth-order valence-corrected chi connectivity index (χ4v) is 3.54. The van der Waals surface area contributed by atoms with Gasteiger partial charge in [0.25, 0.3) is 10.1 Å². The molecule has 3 N–H and O–H groups in total. The van der Waals surface area contributed by atoms with Crippen molar-refractivity contribution in [3.05, 3.63) is 47.5 Å². The van der Waals surface area contributed by atoms with Crippen molar-refractivity contribution < 1.29 is 32.0 Å². The van der Waals surface area contributed by atoms with E-state index >= 15 is 0 Å². The predicted octanol–water partition coefficient (Wildman–Crippen LogP) is 1.75. The first-order valence-electron chi connectivity index (χ1n) is 8.15. The van der Waals surface area contributed by atoms with Gasteiger partial charge >= 0.3 is 5.97 Å². The molecule has 1 aliphatic heterocycles. The molecule has 0 amide bonds. The van der Waals surface area contributed by atoms with Crippen LogP contribution < -0.4 is 15.2 Å². The number of anilines is 1. The first-order chi connectivity index (χ1) is 12.8. The number of hydrogen-bond acceptors (Lipinski definition) is 7. The van der Waals surface area contributed by atoms with Crippen LogP contribution >= 0.6 is 0 Å². The molecule has 1 aliphatic rings. The largest absolute Gasteiger partial charge is 0.486 e. The van der Waals surface area contributed by atoms with Crippen LogP contribution in [0.2, 0.25) is 0 Å². The number of nitrogens with two attached hydrogens (primary N) is 1. The number of nitrogen functional groups attached to an aromatic ring is 1. The molecule has 9 heteroatoms. The van der Waals surface area contributed by atoms with E-state index in [1.165, 1.54) is 12.1 Å². The zero-order valence-corrected chi connectivity index (χ0v) is 15.4. The fraction of sp³-hybridized carbons (Fsp3) is 0.278. The number of rotatable bonds is 6. The highest BCUT2D eigenvalue weighted by Crippen LogP contribution is 2.39. The maximum absolute atomic E-state index is 12.3. The van der Waals surface area contributed by atoms with Crippen molar-refractivity contribution in [3.63, 3.8) is 0 Å². The van der Waals surface area contributed by atoms with Gasteiger partial charge in [-0.25, -0.2) is 0 Å². The maximum Gasteiger partial charge on any atom is 0.308 e. The number of benzene rings is 2. The van der Waals surface area contributed by atoms with Gasteiger partial charge in [0.15, 0.2) is 17.6 Å².